The van der Waals surface area contributed by atoms with Crippen molar-refractivity contribution < 1.29 is 14.7 Å². The summed E-state index contributed by atoms with van der Waals surface area (Å²) in [6.07, 6.45) is 4.01. The Morgan fingerprint density at radius 2 is 2.17 bits per heavy atom. The van der Waals surface area contributed by atoms with E-state index in [2.05, 4.69) is 4.98 Å². The number of aliphatic carboxylic acids is 1. The van der Waals surface area contributed by atoms with Crippen molar-refractivity contribution in [2.24, 2.45) is 5.92 Å². The number of benzene rings is 1. The number of carboxylic acids is 1. The Balaban J connectivity index is 1.76. The number of aromatic nitrogens is 1. The molecule has 5 nitrogen and oxygen atoms in total. The molecule has 0 aliphatic heterocycles. The van der Waals surface area contributed by atoms with E-state index in [1.807, 2.05) is 18.3 Å². The molecule has 23 heavy (non-hydrogen) atoms. The molecule has 0 unspecified atom stereocenters. The second-order valence-corrected chi connectivity index (χ2v) is 6.63. The molecule has 1 aliphatic rings. The molecule has 6 heteroatoms. The van der Waals surface area contributed by atoms with Crippen molar-refractivity contribution in [3.8, 4) is 0 Å². The average molecular weight is 335 g/mol. The molecular formula is C17H19ClN2O3. The first-order chi connectivity index (χ1) is 11.0. The second kappa shape index (κ2) is 6.24. The van der Waals surface area contributed by atoms with E-state index in [4.69, 9.17) is 16.7 Å². The Bertz CT molecular complexity index is 751. The minimum atomic E-state index is -0.870. The van der Waals surface area contributed by atoms with Crippen LogP contribution in [0.1, 0.15) is 25.3 Å². The van der Waals surface area contributed by atoms with E-state index < -0.39 is 11.9 Å². The van der Waals surface area contributed by atoms with Crippen molar-refractivity contribution in [1.29, 1.82) is 0 Å². The maximum Gasteiger partial charge on any atom is 0.308 e. The first-order valence-corrected chi connectivity index (χ1v) is 8.11. The van der Waals surface area contributed by atoms with Crippen LogP contribution in [0, 0.1) is 5.92 Å². The standard InChI is InChI=1S/C17H19ClN2O3/c1-10(17(22)23)9-20(13-3-4-13)16(21)6-11-8-19-15-7-12(18)2-5-14(11)15/h2,5,7-8,10,13,19H,3-4,6,9H2,1H3,(H,22,23)/t10-/m0/s1. The molecule has 3 rings (SSSR count). The highest BCUT2D eigenvalue weighted by Crippen LogP contribution is 2.29. The molecular weight excluding hydrogens is 316 g/mol. The van der Waals surface area contributed by atoms with Crippen LogP contribution in [0.5, 0.6) is 0 Å². The van der Waals surface area contributed by atoms with E-state index in [0.29, 0.717) is 5.02 Å². The molecule has 1 aromatic carbocycles. The number of carbonyl (C=O) groups is 2. The van der Waals surface area contributed by atoms with Gasteiger partial charge in [-0.2, -0.15) is 0 Å². The normalized spacial score (nSPS) is 15.6. The number of nitrogens with zero attached hydrogens (tertiary/aromatic N) is 1. The van der Waals surface area contributed by atoms with Crippen LogP contribution in [0.15, 0.2) is 24.4 Å². The number of nitrogens with one attached hydrogen (secondary N) is 1. The van der Waals surface area contributed by atoms with Crippen LogP contribution >= 0.6 is 11.6 Å². The van der Waals surface area contributed by atoms with Gasteiger partial charge in [-0.3, -0.25) is 9.59 Å². The van der Waals surface area contributed by atoms with Gasteiger partial charge in [0.2, 0.25) is 5.91 Å². The third-order valence-corrected chi connectivity index (χ3v) is 4.51. The summed E-state index contributed by atoms with van der Waals surface area (Å²) in [5, 5.41) is 10.7. The summed E-state index contributed by atoms with van der Waals surface area (Å²) in [5.41, 5.74) is 1.81. The number of halogens is 1. The number of aromatic amines is 1. The average Bonchev–Trinajstić information content (AvgIpc) is 3.27. The zero-order valence-corrected chi connectivity index (χ0v) is 13.6. The summed E-state index contributed by atoms with van der Waals surface area (Å²) in [4.78, 5) is 28.6. The van der Waals surface area contributed by atoms with Crippen LogP contribution in [0.4, 0.5) is 0 Å². The Kier molecular flexibility index (Phi) is 4.31. The molecule has 1 atom stereocenters. The number of amides is 1. The first kappa shape index (κ1) is 15.9. The van der Waals surface area contributed by atoms with Gasteiger partial charge in [-0.1, -0.05) is 24.6 Å². The SMILES string of the molecule is C[C@@H](CN(C(=O)Cc1c[nH]c2cc(Cl)ccc12)C1CC1)C(=O)O. The highest BCUT2D eigenvalue weighted by molar-refractivity contribution is 6.31. The predicted molar refractivity (Wildman–Crippen MR) is 88.5 cm³/mol. The zero-order chi connectivity index (χ0) is 16.6. The predicted octanol–water partition coefficient (Wildman–Crippen LogP) is 3.08. The molecule has 1 aromatic heterocycles. The smallest absolute Gasteiger partial charge is 0.308 e. The molecule has 0 saturated heterocycles. The van der Waals surface area contributed by atoms with Gasteiger partial charge in [0.25, 0.3) is 0 Å². The van der Waals surface area contributed by atoms with E-state index in [9.17, 15) is 9.59 Å². The Morgan fingerprint density at radius 3 is 2.83 bits per heavy atom. The summed E-state index contributed by atoms with van der Waals surface area (Å²) >= 11 is 5.97. The molecule has 2 N–H and O–H groups in total. The number of H-pyrrole nitrogens is 1. The van der Waals surface area contributed by atoms with Gasteiger partial charge in [0, 0.05) is 34.7 Å². The quantitative estimate of drug-likeness (QED) is 0.852. The van der Waals surface area contributed by atoms with Gasteiger partial charge < -0.3 is 15.0 Å². The van der Waals surface area contributed by atoms with Gasteiger partial charge >= 0.3 is 5.97 Å². The summed E-state index contributed by atoms with van der Waals surface area (Å²) in [5.74, 6) is -1.44. The van der Waals surface area contributed by atoms with Gasteiger partial charge in [-0.25, -0.2) is 0 Å². The fourth-order valence-electron chi connectivity index (χ4n) is 2.78. The number of carbonyl (C=O) groups excluding carboxylic acids is 1. The molecule has 1 heterocycles. The van der Waals surface area contributed by atoms with Crippen LogP contribution in [0.3, 0.4) is 0 Å². The second-order valence-electron chi connectivity index (χ2n) is 6.20. The third kappa shape index (κ3) is 3.50. The van der Waals surface area contributed by atoms with Crippen molar-refractivity contribution in [1.82, 2.24) is 9.88 Å². The number of hydrogen-bond acceptors (Lipinski definition) is 2. The molecule has 0 radical (unpaired) electrons. The van der Waals surface area contributed by atoms with Crippen molar-refractivity contribution in [3.05, 3.63) is 35.0 Å². The molecule has 1 amide bonds. The fourth-order valence-corrected chi connectivity index (χ4v) is 2.96. The molecule has 1 saturated carbocycles. The van der Waals surface area contributed by atoms with Gasteiger partial charge in [0.1, 0.15) is 0 Å². The van der Waals surface area contributed by atoms with Gasteiger partial charge in [0.15, 0.2) is 0 Å². The maximum atomic E-state index is 12.7. The summed E-state index contributed by atoms with van der Waals surface area (Å²) in [6.45, 7) is 1.91. The molecule has 1 fully saturated rings. The topological polar surface area (TPSA) is 73.4 Å². The minimum absolute atomic E-state index is 0.0172. The highest BCUT2D eigenvalue weighted by atomic mass is 35.5. The van der Waals surface area contributed by atoms with Crippen LogP contribution in [-0.2, 0) is 16.0 Å². The lowest BCUT2D eigenvalue weighted by Gasteiger charge is -2.24. The number of carboxylic acid groups (broad SMARTS) is 1. The molecule has 0 spiro atoms. The zero-order valence-electron chi connectivity index (χ0n) is 12.9. The number of fused-ring (bicyclic) bond motifs is 1. The summed E-state index contributed by atoms with van der Waals surface area (Å²) in [7, 11) is 0. The van der Waals surface area contributed by atoms with Crippen molar-refractivity contribution in [3.63, 3.8) is 0 Å². The molecule has 2 aromatic rings. The molecule has 122 valence electrons. The van der Waals surface area contributed by atoms with Crippen molar-refractivity contribution in [2.45, 2.75) is 32.2 Å². The number of rotatable bonds is 6. The Morgan fingerprint density at radius 1 is 1.43 bits per heavy atom. The third-order valence-electron chi connectivity index (χ3n) is 4.27. The Hall–Kier alpha value is -2.01. The molecule has 1 aliphatic carbocycles. The highest BCUT2D eigenvalue weighted by Gasteiger charge is 2.34. The van der Waals surface area contributed by atoms with Crippen LogP contribution in [-0.4, -0.2) is 39.5 Å². The van der Waals surface area contributed by atoms with E-state index in [1.165, 1.54) is 0 Å². The summed E-state index contributed by atoms with van der Waals surface area (Å²) < 4.78 is 0. The Labute approximate surface area is 139 Å². The van der Waals surface area contributed by atoms with Gasteiger partial charge in [-0.15, -0.1) is 0 Å². The summed E-state index contributed by atoms with van der Waals surface area (Å²) in [6, 6.07) is 5.73. The minimum Gasteiger partial charge on any atom is -0.481 e. The van der Waals surface area contributed by atoms with Crippen LogP contribution in [0.25, 0.3) is 10.9 Å². The van der Waals surface area contributed by atoms with Gasteiger partial charge in [0.05, 0.1) is 12.3 Å². The lowest BCUT2D eigenvalue weighted by molar-refractivity contribution is -0.143. The molecule has 0 bridgehead atoms. The first-order valence-electron chi connectivity index (χ1n) is 7.73. The lowest BCUT2D eigenvalue weighted by atomic mass is 10.1. The largest absolute Gasteiger partial charge is 0.481 e. The van der Waals surface area contributed by atoms with Gasteiger partial charge in [-0.05, 0) is 30.5 Å². The maximum absolute atomic E-state index is 12.7. The van der Waals surface area contributed by atoms with Crippen LogP contribution in [0.2, 0.25) is 5.02 Å². The van der Waals surface area contributed by atoms with E-state index in [0.717, 1.165) is 29.3 Å². The van der Waals surface area contributed by atoms with Crippen LogP contribution < -0.4 is 0 Å². The van der Waals surface area contributed by atoms with E-state index in [1.54, 1.807) is 17.9 Å². The van der Waals surface area contributed by atoms with Crippen molar-refractivity contribution >= 4 is 34.4 Å². The van der Waals surface area contributed by atoms with Crippen molar-refractivity contribution in [2.75, 3.05) is 6.54 Å². The lowest BCUT2D eigenvalue weighted by Crippen LogP contribution is -2.39. The van der Waals surface area contributed by atoms with E-state index >= 15 is 0 Å². The monoisotopic (exact) mass is 334 g/mol. The van der Waals surface area contributed by atoms with E-state index in [-0.39, 0.29) is 24.9 Å². The fraction of sp³-hybridized carbons (Fsp3) is 0.412. The number of hydrogen-bond donors (Lipinski definition) is 2.